The average molecular weight is 459 g/mol. The van der Waals surface area contributed by atoms with E-state index < -0.39 is 29.3 Å². The lowest BCUT2D eigenvalue weighted by atomic mass is 9.77. The summed E-state index contributed by atoms with van der Waals surface area (Å²) in [6, 6.07) is 6.20. The number of hydrogen-bond donors (Lipinski definition) is 1. The molecule has 0 saturated carbocycles. The molecule has 3 rings (SSSR count). The second-order valence-corrected chi connectivity index (χ2v) is 9.33. The normalized spacial score (nSPS) is 19.2. The number of carboxylic acid groups (broad SMARTS) is 1. The van der Waals surface area contributed by atoms with Gasteiger partial charge >= 0.3 is 11.9 Å². The van der Waals surface area contributed by atoms with Crippen LogP contribution in [0, 0.1) is 17.3 Å². The van der Waals surface area contributed by atoms with Crippen LogP contribution in [0.2, 0.25) is 0 Å². The summed E-state index contributed by atoms with van der Waals surface area (Å²) in [6.07, 6.45) is 3.31. The lowest BCUT2D eigenvalue weighted by molar-refractivity contribution is -0.154. The van der Waals surface area contributed by atoms with Gasteiger partial charge in [0.2, 0.25) is 11.8 Å². The summed E-state index contributed by atoms with van der Waals surface area (Å²) in [5.74, 6) is -2.41. The molecule has 3 heterocycles. The fourth-order valence-corrected chi connectivity index (χ4v) is 4.00. The zero-order chi connectivity index (χ0) is 24.2. The number of pyridine rings is 1. The lowest BCUT2D eigenvalue weighted by Gasteiger charge is -2.33. The van der Waals surface area contributed by atoms with Gasteiger partial charge < -0.3 is 23.9 Å². The Balaban J connectivity index is 1.70. The van der Waals surface area contributed by atoms with Crippen molar-refractivity contribution in [2.24, 2.45) is 17.3 Å². The van der Waals surface area contributed by atoms with Crippen LogP contribution in [-0.4, -0.2) is 59.1 Å². The van der Waals surface area contributed by atoms with Gasteiger partial charge in [0.1, 0.15) is 6.04 Å². The molecule has 33 heavy (non-hydrogen) atoms. The van der Waals surface area contributed by atoms with E-state index in [1.165, 1.54) is 12.0 Å². The van der Waals surface area contributed by atoms with Crippen molar-refractivity contribution >= 4 is 17.8 Å². The van der Waals surface area contributed by atoms with Gasteiger partial charge in [-0.25, -0.2) is 9.78 Å². The lowest BCUT2D eigenvalue weighted by Crippen LogP contribution is -2.47. The van der Waals surface area contributed by atoms with Gasteiger partial charge in [0, 0.05) is 24.1 Å². The fraction of sp³-hybridized carbons (Fsp3) is 0.500. The summed E-state index contributed by atoms with van der Waals surface area (Å²) in [6.45, 7) is 5.99. The first-order valence-corrected chi connectivity index (χ1v) is 10.8. The van der Waals surface area contributed by atoms with Gasteiger partial charge in [-0.2, -0.15) is 0 Å². The summed E-state index contributed by atoms with van der Waals surface area (Å²) in [5, 5.41) is 9.74. The summed E-state index contributed by atoms with van der Waals surface area (Å²) in [4.78, 5) is 43.0. The molecule has 0 aliphatic carbocycles. The Morgan fingerprint density at radius 3 is 2.64 bits per heavy atom. The summed E-state index contributed by atoms with van der Waals surface area (Å²) < 4.78 is 15.7. The third-order valence-electron chi connectivity index (χ3n) is 5.91. The standard InChI is InChI=1S/C24H30N2O7/c1-24(2,3)17(11-21(27)31-4)22(28)26-12-15(10-19(26)23(29)30)13-33-20-7-5-6-18(25-20)16-8-9-32-14-16/h5-9,14-15,17,19H,10-13H2,1-4H3,(H,29,30)/t15-,17-,19+/m1/s1. The van der Waals surface area contributed by atoms with Crippen LogP contribution in [0.1, 0.15) is 33.6 Å². The molecule has 0 spiro atoms. The van der Waals surface area contributed by atoms with Crippen LogP contribution in [0.3, 0.4) is 0 Å². The number of likely N-dealkylation sites (tertiary alicyclic amines) is 1. The molecular formula is C24H30N2O7. The van der Waals surface area contributed by atoms with Crippen molar-refractivity contribution in [3.8, 4) is 17.1 Å². The van der Waals surface area contributed by atoms with E-state index in [9.17, 15) is 19.5 Å². The SMILES string of the molecule is COC(=O)C[C@H](C(=O)N1C[C@H](COc2cccc(-c3ccoc3)n2)C[C@H]1C(=O)O)C(C)(C)C. The minimum absolute atomic E-state index is 0.104. The highest BCUT2D eigenvalue weighted by molar-refractivity contribution is 5.88. The van der Waals surface area contributed by atoms with E-state index in [1.807, 2.05) is 32.9 Å². The number of aliphatic carboxylic acids is 1. The highest BCUT2D eigenvalue weighted by atomic mass is 16.5. The molecule has 1 aliphatic rings. The maximum absolute atomic E-state index is 13.3. The highest BCUT2D eigenvalue weighted by Crippen LogP contribution is 2.34. The van der Waals surface area contributed by atoms with Crippen LogP contribution in [0.5, 0.6) is 5.88 Å². The molecule has 1 amide bonds. The summed E-state index contributed by atoms with van der Waals surface area (Å²) >= 11 is 0. The maximum Gasteiger partial charge on any atom is 0.326 e. The van der Waals surface area contributed by atoms with Crippen molar-refractivity contribution < 1.29 is 33.4 Å². The quantitative estimate of drug-likeness (QED) is 0.599. The molecule has 0 radical (unpaired) electrons. The molecule has 0 unspecified atom stereocenters. The monoisotopic (exact) mass is 458 g/mol. The van der Waals surface area contributed by atoms with Gasteiger partial charge in [-0.15, -0.1) is 0 Å². The molecule has 2 aromatic heterocycles. The molecule has 1 fully saturated rings. The highest BCUT2D eigenvalue weighted by Gasteiger charge is 2.45. The van der Waals surface area contributed by atoms with Gasteiger partial charge in [-0.05, 0) is 24.0 Å². The number of carbonyl (C=O) groups excluding carboxylic acids is 2. The second kappa shape index (κ2) is 10.1. The van der Waals surface area contributed by atoms with Crippen LogP contribution >= 0.6 is 0 Å². The summed E-state index contributed by atoms with van der Waals surface area (Å²) in [5.41, 5.74) is 0.979. The van der Waals surface area contributed by atoms with Crippen LogP contribution in [0.25, 0.3) is 11.3 Å². The molecule has 2 aromatic rings. The third kappa shape index (κ3) is 5.91. The smallest absolute Gasteiger partial charge is 0.326 e. The first kappa shape index (κ1) is 24.3. The van der Waals surface area contributed by atoms with Gasteiger partial charge in [-0.1, -0.05) is 26.8 Å². The van der Waals surface area contributed by atoms with Gasteiger partial charge in [0.05, 0.1) is 44.3 Å². The number of rotatable bonds is 8. The van der Waals surface area contributed by atoms with E-state index >= 15 is 0 Å². The van der Waals surface area contributed by atoms with Crippen molar-refractivity contribution in [1.82, 2.24) is 9.88 Å². The van der Waals surface area contributed by atoms with E-state index in [4.69, 9.17) is 13.9 Å². The Hall–Kier alpha value is -3.36. The van der Waals surface area contributed by atoms with Crippen LogP contribution in [0.15, 0.2) is 41.2 Å². The summed E-state index contributed by atoms with van der Waals surface area (Å²) in [7, 11) is 1.27. The van der Waals surface area contributed by atoms with Crippen molar-refractivity contribution in [3.05, 3.63) is 36.8 Å². The number of aromatic nitrogens is 1. The second-order valence-electron chi connectivity index (χ2n) is 9.33. The number of carbonyl (C=O) groups is 3. The topological polar surface area (TPSA) is 119 Å². The number of carboxylic acids is 1. The van der Waals surface area contributed by atoms with Crippen molar-refractivity contribution in [2.75, 3.05) is 20.3 Å². The minimum Gasteiger partial charge on any atom is -0.480 e. The number of esters is 1. The molecule has 9 heteroatoms. The number of hydrogen-bond acceptors (Lipinski definition) is 7. The number of amides is 1. The zero-order valence-electron chi connectivity index (χ0n) is 19.3. The maximum atomic E-state index is 13.3. The van der Waals surface area contributed by atoms with Crippen molar-refractivity contribution in [2.45, 2.75) is 39.7 Å². The predicted octanol–water partition coefficient (Wildman–Crippen LogP) is 3.25. The first-order valence-electron chi connectivity index (χ1n) is 10.8. The largest absolute Gasteiger partial charge is 0.480 e. The van der Waals surface area contributed by atoms with E-state index in [0.717, 1.165) is 5.56 Å². The molecule has 1 N–H and O–H groups in total. The zero-order valence-corrected chi connectivity index (χ0v) is 19.3. The van der Waals surface area contributed by atoms with Crippen LogP contribution < -0.4 is 4.74 Å². The van der Waals surface area contributed by atoms with Crippen LogP contribution in [-0.2, 0) is 19.1 Å². The number of ether oxygens (including phenoxy) is 2. The van der Waals surface area contributed by atoms with E-state index in [-0.39, 0.29) is 37.8 Å². The minimum atomic E-state index is -1.07. The molecule has 178 valence electrons. The molecular weight excluding hydrogens is 428 g/mol. The fourth-order valence-electron chi connectivity index (χ4n) is 4.00. The Morgan fingerprint density at radius 1 is 1.27 bits per heavy atom. The van der Waals surface area contributed by atoms with Gasteiger partial charge in [0.25, 0.3) is 0 Å². The number of furan rings is 1. The number of methoxy groups -OCH3 is 1. The Kier molecular flexibility index (Phi) is 7.40. The molecule has 9 nitrogen and oxygen atoms in total. The number of nitrogens with zero attached hydrogens (tertiary/aromatic N) is 2. The predicted molar refractivity (Wildman–Crippen MR) is 118 cm³/mol. The van der Waals surface area contributed by atoms with Crippen molar-refractivity contribution in [3.63, 3.8) is 0 Å². The Morgan fingerprint density at radius 2 is 2.03 bits per heavy atom. The molecule has 3 atom stereocenters. The van der Waals surface area contributed by atoms with Crippen LogP contribution in [0.4, 0.5) is 0 Å². The van der Waals surface area contributed by atoms with E-state index in [0.29, 0.717) is 11.6 Å². The molecule has 1 aliphatic heterocycles. The molecule has 0 aromatic carbocycles. The Bertz CT molecular complexity index is 981. The van der Waals surface area contributed by atoms with E-state index in [2.05, 4.69) is 4.98 Å². The van der Waals surface area contributed by atoms with Gasteiger partial charge in [0.15, 0.2) is 0 Å². The molecule has 0 bridgehead atoms. The third-order valence-corrected chi connectivity index (χ3v) is 5.91. The molecule has 1 saturated heterocycles. The van der Waals surface area contributed by atoms with Crippen molar-refractivity contribution in [1.29, 1.82) is 0 Å². The van der Waals surface area contributed by atoms with E-state index in [1.54, 1.807) is 24.7 Å². The van der Waals surface area contributed by atoms with Gasteiger partial charge in [-0.3, -0.25) is 9.59 Å². The first-order chi connectivity index (χ1) is 15.6. The Labute approximate surface area is 192 Å². The average Bonchev–Trinajstić information content (AvgIpc) is 3.45.